The Balaban J connectivity index is 1.99. The number of hydrogen-bond acceptors (Lipinski definition) is 5. The van der Waals surface area contributed by atoms with Gasteiger partial charge in [0.15, 0.2) is 0 Å². The molecule has 1 aromatic heterocycles. The number of aromatic nitrogens is 2. The normalized spacial score (nSPS) is 18.4. The summed E-state index contributed by atoms with van der Waals surface area (Å²) in [6.07, 6.45) is 4.78. The molecule has 5 nitrogen and oxygen atoms in total. The van der Waals surface area contributed by atoms with Gasteiger partial charge >= 0.3 is 0 Å². The summed E-state index contributed by atoms with van der Waals surface area (Å²) < 4.78 is 5.55. The van der Waals surface area contributed by atoms with Crippen molar-refractivity contribution >= 4 is 5.82 Å². The maximum atomic E-state index is 5.84. The Labute approximate surface area is 115 Å². The van der Waals surface area contributed by atoms with Gasteiger partial charge in [-0.1, -0.05) is 13.8 Å². The van der Waals surface area contributed by atoms with Crippen molar-refractivity contribution in [3.05, 3.63) is 12.4 Å². The van der Waals surface area contributed by atoms with Gasteiger partial charge in [0.25, 0.3) is 0 Å². The highest BCUT2D eigenvalue weighted by atomic mass is 16.5. The van der Waals surface area contributed by atoms with E-state index in [0.29, 0.717) is 12.5 Å². The lowest BCUT2D eigenvalue weighted by molar-refractivity contribution is 0.257. The summed E-state index contributed by atoms with van der Waals surface area (Å²) >= 11 is 0. The maximum Gasteiger partial charge on any atom is 0.218 e. The van der Waals surface area contributed by atoms with Gasteiger partial charge in [0.1, 0.15) is 12.1 Å². The van der Waals surface area contributed by atoms with Gasteiger partial charge in [0.05, 0.1) is 6.61 Å². The van der Waals surface area contributed by atoms with E-state index in [-0.39, 0.29) is 5.41 Å². The lowest BCUT2D eigenvalue weighted by atomic mass is 9.80. The van der Waals surface area contributed by atoms with E-state index < -0.39 is 0 Å². The van der Waals surface area contributed by atoms with E-state index in [1.165, 1.54) is 0 Å². The second-order valence-electron chi connectivity index (χ2n) is 5.56. The zero-order valence-electron chi connectivity index (χ0n) is 11.9. The van der Waals surface area contributed by atoms with Crippen LogP contribution in [0.3, 0.4) is 0 Å². The van der Waals surface area contributed by atoms with Crippen LogP contribution in [0.5, 0.6) is 5.88 Å². The predicted octanol–water partition coefficient (Wildman–Crippen LogP) is 1.83. The minimum atomic E-state index is 0.283. The van der Waals surface area contributed by atoms with Crippen LogP contribution in [-0.2, 0) is 0 Å². The largest absolute Gasteiger partial charge is 0.478 e. The van der Waals surface area contributed by atoms with Crippen LogP contribution in [0, 0.1) is 5.41 Å². The molecule has 2 N–H and O–H groups in total. The average molecular weight is 264 g/mol. The first-order chi connectivity index (χ1) is 9.17. The fourth-order valence-corrected chi connectivity index (χ4v) is 2.27. The second-order valence-corrected chi connectivity index (χ2v) is 5.56. The molecule has 0 aromatic carbocycles. The number of nitrogens with zero attached hydrogens (tertiary/aromatic N) is 3. The molecule has 1 aromatic rings. The quantitative estimate of drug-likeness (QED) is 0.879. The van der Waals surface area contributed by atoms with Crippen LogP contribution >= 0.6 is 0 Å². The smallest absolute Gasteiger partial charge is 0.218 e. The average Bonchev–Trinajstić information content (AvgIpc) is 2.46. The summed E-state index contributed by atoms with van der Waals surface area (Å²) in [6.45, 7) is 7.80. The van der Waals surface area contributed by atoms with Crippen molar-refractivity contribution in [2.24, 2.45) is 11.1 Å². The van der Waals surface area contributed by atoms with Crippen molar-refractivity contribution in [2.45, 2.75) is 33.1 Å². The molecule has 106 valence electrons. The number of anilines is 1. The third-order valence-corrected chi connectivity index (χ3v) is 3.87. The van der Waals surface area contributed by atoms with Gasteiger partial charge in [-0.05, 0) is 31.2 Å². The Morgan fingerprint density at radius 3 is 2.74 bits per heavy atom. The Hall–Kier alpha value is -1.36. The summed E-state index contributed by atoms with van der Waals surface area (Å²) in [6, 6.07) is 1.93. The van der Waals surface area contributed by atoms with Crippen LogP contribution in [0.1, 0.15) is 33.1 Å². The molecule has 0 saturated carbocycles. The summed E-state index contributed by atoms with van der Waals surface area (Å²) in [5.41, 5.74) is 6.12. The van der Waals surface area contributed by atoms with Gasteiger partial charge < -0.3 is 15.4 Å². The summed E-state index contributed by atoms with van der Waals surface area (Å²) in [4.78, 5) is 10.8. The van der Waals surface area contributed by atoms with Crippen molar-refractivity contribution in [3.63, 3.8) is 0 Å². The third kappa shape index (κ3) is 3.56. The standard InChI is InChI=1S/C14H24N4O/c1-3-8-19-13-9-12(16-11-17-13)18-6-4-14(2,10-15)5-7-18/h9,11H,3-8,10,15H2,1-2H3. The summed E-state index contributed by atoms with van der Waals surface area (Å²) in [5, 5.41) is 0. The molecule has 0 aliphatic carbocycles. The summed E-state index contributed by atoms with van der Waals surface area (Å²) in [7, 11) is 0. The lowest BCUT2D eigenvalue weighted by Crippen LogP contribution is -2.42. The van der Waals surface area contributed by atoms with E-state index in [9.17, 15) is 0 Å². The van der Waals surface area contributed by atoms with E-state index >= 15 is 0 Å². The Morgan fingerprint density at radius 1 is 1.37 bits per heavy atom. The van der Waals surface area contributed by atoms with Gasteiger partial charge in [-0.3, -0.25) is 0 Å². The third-order valence-electron chi connectivity index (χ3n) is 3.87. The van der Waals surface area contributed by atoms with Crippen LogP contribution in [0.25, 0.3) is 0 Å². The zero-order chi connectivity index (χ0) is 13.7. The molecule has 1 saturated heterocycles. The van der Waals surface area contributed by atoms with E-state index in [4.69, 9.17) is 10.5 Å². The second kappa shape index (κ2) is 6.19. The van der Waals surface area contributed by atoms with Gasteiger partial charge in [0, 0.05) is 19.2 Å². The Morgan fingerprint density at radius 2 is 2.11 bits per heavy atom. The molecule has 1 aliphatic heterocycles. The molecule has 19 heavy (non-hydrogen) atoms. The van der Waals surface area contributed by atoms with Crippen LogP contribution in [-0.4, -0.2) is 36.2 Å². The highest BCUT2D eigenvalue weighted by Gasteiger charge is 2.29. The fourth-order valence-electron chi connectivity index (χ4n) is 2.27. The Bertz CT molecular complexity index is 402. The maximum absolute atomic E-state index is 5.84. The molecule has 0 spiro atoms. The minimum Gasteiger partial charge on any atom is -0.478 e. The molecule has 2 heterocycles. The number of ether oxygens (including phenoxy) is 1. The first-order valence-corrected chi connectivity index (χ1v) is 7.07. The molecule has 1 aliphatic rings. The highest BCUT2D eigenvalue weighted by Crippen LogP contribution is 2.31. The van der Waals surface area contributed by atoms with E-state index in [1.807, 2.05) is 6.07 Å². The van der Waals surface area contributed by atoms with Gasteiger partial charge in [-0.25, -0.2) is 9.97 Å². The number of hydrogen-bond donors (Lipinski definition) is 1. The molecule has 0 radical (unpaired) electrons. The first kappa shape index (κ1) is 14.1. The van der Waals surface area contributed by atoms with E-state index in [2.05, 4.69) is 28.7 Å². The van der Waals surface area contributed by atoms with Gasteiger partial charge in [-0.2, -0.15) is 0 Å². The van der Waals surface area contributed by atoms with Crippen LogP contribution in [0.15, 0.2) is 12.4 Å². The minimum absolute atomic E-state index is 0.283. The van der Waals surface area contributed by atoms with Gasteiger partial charge in [-0.15, -0.1) is 0 Å². The van der Waals surface area contributed by atoms with Crippen LogP contribution in [0.4, 0.5) is 5.82 Å². The molecule has 0 amide bonds. The molecule has 2 rings (SSSR count). The van der Waals surface area contributed by atoms with Crippen LogP contribution in [0.2, 0.25) is 0 Å². The van der Waals surface area contributed by atoms with Crippen LogP contribution < -0.4 is 15.4 Å². The first-order valence-electron chi connectivity index (χ1n) is 7.07. The molecular formula is C14H24N4O. The molecule has 0 atom stereocenters. The van der Waals surface area contributed by atoms with Crippen molar-refractivity contribution in [1.82, 2.24) is 9.97 Å². The van der Waals surface area contributed by atoms with Crippen molar-refractivity contribution in [3.8, 4) is 5.88 Å². The fraction of sp³-hybridized carbons (Fsp3) is 0.714. The molecular weight excluding hydrogens is 240 g/mol. The number of rotatable bonds is 5. The van der Waals surface area contributed by atoms with E-state index in [1.54, 1.807) is 6.33 Å². The molecule has 0 unspecified atom stereocenters. The number of nitrogens with two attached hydrogens (primary N) is 1. The Kier molecular flexibility index (Phi) is 4.58. The summed E-state index contributed by atoms with van der Waals surface area (Å²) in [5.74, 6) is 1.62. The molecule has 5 heteroatoms. The molecule has 1 fully saturated rings. The predicted molar refractivity (Wildman–Crippen MR) is 76.4 cm³/mol. The van der Waals surface area contributed by atoms with Crippen molar-refractivity contribution < 1.29 is 4.74 Å². The monoisotopic (exact) mass is 264 g/mol. The van der Waals surface area contributed by atoms with Crippen molar-refractivity contribution in [2.75, 3.05) is 31.1 Å². The molecule has 0 bridgehead atoms. The van der Waals surface area contributed by atoms with Crippen molar-refractivity contribution in [1.29, 1.82) is 0 Å². The topological polar surface area (TPSA) is 64.3 Å². The lowest BCUT2D eigenvalue weighted by Gasteiger charge is -2.39. The highest BCUT2D eigenvalue weighted by molar-refractivity contribution is 5.41. The SMILES string of the molecule is CCCOc1cc(N2CCC(C)(CN)CC2)ncn1. The number of piperidine rings is 1. The zero-order valence-corrected chi connectivity index (χ0v) is 11.9. The van der Waals surface area contributed by atoms with Gasteiger partial charge in [0.2, 0.25) is 5.88 Å². The van der Waals surface area contributed by atoms with E-state index in [0.717, 1.165) is 44.7 Å².